The minimum Gasteiger partial charge on any atom is -0.443 e. The standard InChI is InChI=1S/C33H39N7O5/c1-19-13-28(40(30(42)44-32(3,4)5)31(43)45-33(6,7)8)37-20(2)23(19)15-34-26-14-24(35-18-36-26)29(41)25-17-39-16-22(21-9-10-21)11-12-27(39)38-25/h11-14,16-18,21H,9-10,15H2,1-8H3,(H,34,35,36). The van der Waals surface area contributed by atoms with E-state index in [1.54, 1.807) is 66.8 Å². The van der Waals surface area contributed by atoms with Crippen LogP contribution in [-0.4, -0.2) is 53.5 Å². The highest BCUT2D eigenvalue weighted by atomic mass is 16.6. The number of imidazole rings is 1. The highest BCUT2D eigenvalue weighted by Gasteiger charge is 2.34. The van der Waals surface area contributed by atoms with Crippen LogP contribution in [0.3, 0.4) is 0 Å². The molecule has 1 fully saturated rings. The summed E-state index contributed by atoms with van der Waals surface area (Å²) in [4.78, 5) is 57.8. The van der Waals surface area contributed by atoms with Gasteiger partial charge < -0.3 is 19.2 Å². The van der Waals surface area contributed by atoms with Crippen molar-refractivity contribution in [1.29, 1.82) is 0 Å². The molecule has 4 aromatic rings. The zero-order valence-electron chi connectivity index (χ0n) is 27.0. The summed E-state index contributed by atoms with van der Waals surface area (Å²) < 4.78 is 12.9. The third kappa shape index (κ3) is 7.62. The Hall–Kier alpha value is -4.87. The molecule has 1 aliphatic rings. The van der Waals surface area contributed by atoms with Gasteiger partial charge in [-0.3, -0.25) is 4.79 Å². The summed E-state index contributed by atoms with van der Waals surface area (Å²) in [6.45, 7) is 14.2. The van der Waals surface area contributed by atoms with Gasteiger partial charge >= 0.3 is 12.2 Å². The average molecular weight is 614 g/mol. The molecule has 1 aliphatic carbocycles. The number of nitrogens with one attached hydrogen (secondary N) is 1. The van der Waals surface area contributed by atoms with E-state index < -0.39 is 23.4 Å². The van der Waals surface area contributed by atoms with Crippen molar-refractivity contribution in [2.45, 2.75) is 91.9 Å². The number of aromatic nitrogens is 5. The molecule has 0 unspecified atom stereocenters. The van der Waals surface area contributed by atoms with E-state index in [4.69, 9.17) is 9.47 Å². The Morgan fingerprint density at radius 1 is 0.911 bits per heavy atom. The predicted molar refractivity (Wildman–Crippen MR) is 169 cm³/mol. The topological polar surface area (TPSA) is 141 Å². The molecule has 4 heterocycles. The molecule has 0 saturated heterocycles. The van der Waals surface area contributed by atoms with Gasteiger partial charge in [0.05, 0.1) is 0 Å². The number of nitrogens with zero attached hydrogens (tertiary/aromatic N) is 6. The van der Waals surface area contributed by atoms with Crippen LogP contribution in [0, 0.1) is 13.8 Å². The summed E-state index contributed by atoms with van der Waals surface area (Å²) in [5.74, 6) is 0.822. The normalized spacial score (nSPS) is 13.4. The maximum atomic E-state index is 13.3. The van der Waals surface area contributed by atoms with E-state index in [1.807, 2.05) is 23.6 Å². The van der Waals surface area contributed by atoms with Crippen LogP contribution in [-0.2, 0) is 16.0 Å². The quantitative estimate of drug-likeness (QED) is 0.229. The molecule has 1 saturated carbocycles. The van der Waals surface area contributed by atoms with Gasteiger partial charge in [-0.25, -0.2) is 29.5 Å². The van der Waals surface area contributed by atoms with E-state index in [2.05, 4.69) is 31.3 Å². The van der Waals surface area contributed by atoms with Crippen molar-refractivity contribution in [3.05, 3.63) is 76.8 Å². The number of carbonyl (C=O) groups excluding carboxylic acids is 3. The smallest absolute Gasteiger partial charge is 0.425 e. The molecule has 12 nitrogen and oxygen atoms in total. The maximum absolute atomic E-state index is 13.3. The molecule has 0 aliphatic heterocycles. The molecule has 0 radical (unpaired) electrons. The second-order valence-electron chi connectivity index (χ2n) is 13.3. The molecule has 5 rings (SSSR count). The second kappa shape index (κ2) is 11.9. The number of carbonyl (C=O) groups is 3. The van der Waals surface area contributed by atoms with Gasteiger partial charge in [0.1, 0.15) is 46.2 Å². The Labute approximate surface area is 262 Å². The molecule has 0 spiro atoms. The Morgan fingerprint density at radius 2 is 1.58 bits per heavy atom. The number of amides is 2. The van der Waals surface area contributed by atoms with Crippen molar-refractivity contribution < 1.29 is 23.9 Å². The fourth-order valence-corrected chi connectivity index (χ4v) is 4.76. The lowest BCUT2D eigenvalue weighted by atomic mass is 10.1. The molecule has 2 amide bonds. The van der Waals surface area contributed by atoms with E-state index in [0.29, 0.717) is 35.3 Å². The number of fused-ring (bicyclic) bond motifs is 1. The Kier molecular flexibility index (Phi) is 8.35. The van der Waals surface area contributed by atoms with Crippen LogP contribution in [0.15, 0.2) is 43.0 Å². The Morgan fingerprint density at radius 3 is 2.18 bits per heavy atom. The molecule has 0 atom stereocenters. The lowest BCUT2D eigenvalue weighted by molar-refractivity contribution is 0.0428. The van der Waals surface area contributed by atoms with Gasteiger partial charge in [-0.1, -0.05) is 6.07 Å². The third-order valence-corrected chi connectivity index (χ3v) is 7.02. The van der Waals surface area contributed by atoms with E-state index in [-0.39, 0.29) is 17.3 Å². The van der Waals surface area contributed by atoms with E-state index in [1.165, 1.54) is 24.7 Å². The van der Waals surface area contributed by atoms with Crippen LogP contribution in [0.4, 0.5) is 21.2 Å². The van der Waals surface area contributed by atoms with Crippen LogP contribution in [0.5, 0.6) is 0 Å². The molecule has 4 aromatic heterocycles. The first-order chi connectivity index (χ1) is 21.1. The lowest BCUT2D eigenvalue weighted by Gasteiger charge is -2.28. The second-order valence-corrected chi connectivity index (χ2v) is 13.3. The van der Waals surface area contributed by atoms with Gasteiger partial charge in [0.25, 0.3) is 0 Å². The molecule has 45 heavy (non-hydrogen) atoms. The van der Waals surface area contributed by atoms with E-state index in [9.17, 15) is 14.4 Å². The number of ketones is 1. The van der Waals surface area contributed by atoms with Crippen LogP contribution in [0.2, 0.25) is 0 Å². The summed E-state index contributed by atoms with van der Waals surface area (Å²) >= 11 is 0. The first kappa shape index (κ1) is 31.6. The molecular formula is C33H39N7O5. The fraction of sp³-hybridized carbons (Fsp3) is 0.424. The molecule has 0 aromatic carbocycles. The maximum Gasteiger partial charge on any atom is 0.425 e. The summed E-state index contributed by atoms with van der Waals surface area (Å²) in [7, 11) is 0. The minimum atomic E-state index is -0.888. The van der Waals surface area contributed by atoms with Crippen LogP contribution in [0.25, 0.3) is 5.65 Å². The Bertz CT molecular complexity index is 1730. The number of ether oxygens (including phenoxy) is 2. The fourth-order valence-electron chi connectivity index (χ4n) is 4.76. The minimum absolute atomic E-state index is 0.0869. The molecular weight excluding hydrogens is 574 g/mol. The zero-order chi connectivity index (χ0) is 32.7. The lowest BCUT2D eigenvalue weighted by Crippen LogP contribution is -2.44. The SMILES string of the molecule is Cc1cc(N(C(=O)OC(C)(C)C)C(=O)OC(C)(C)C)nc(C)c1CNc1cc(C(=O)c2cn3cc(C4CC4)ccc3n2)ncn1. The van der Waals surface area contributed by atoms with Crippen LogP contribution < -0.4 is 10.2 Å². The zero-order valence-corrected chi connectivity index (χ0v) is 27.0. The molecule has 236 valence electrons. The van der Waals surface area contributed by atoms with Crippen molar-refractivity contribution in [1.82, 2.24) is 24.3 Å². The van der Waals surface area contributed by atoms with Gasteiger partial charge in [0, 0.05) is 30.7 Å². The highest BCUT2D eigenvalue weighted by molar-refractivity contribution is 6.09. The number of rotatable bonds is 7. The van der Waals surface area contributed by atoms with Crippen LogP contribution >= 0.6 is 0 Å². The van der Waals surface area contributed by atoms with Gasteiger partial charge in [0.2, 0.25) is 5.78 Å². The van der Waals surface area contributed by atoms with Crippen molar-refractivity contribution >= 4 is 35.3 Å². The number of hydrogen-bond donors (Lipinski definition) is 1. The number of hydrogen-bond acceptors (Lipinski definition) is 10. The molecule has 1 N–H and O–H groups in total. The average Bonchev–Trinajstić information content (AvgIpc) is 3.69. The largest absolute Gasteiger partial charge is 0.443 e. The number of pyridine rings is 2. The van der Waals surface area contributed by atoms with Gasteiger partial charge in [-0.05, 0) is 103 Å². The summed E-state index contributed by atoms with van der Waals surface area (Å²) in [5, 5.41) is 3.23. The van der Waals surface area contributed by atoms with Gasteiger partial charge in [-0.2, -0.15) is 4.90 Å². The predicted octanol–water partition coefficient (Wildman–Crippen LogP) is 6.53. The summed E-state index contributed by atoms with van der Waals surface area (Å²) in [6.07, 6.45) is 5.71. The van der Waals surface area contributed by atoms with Crippen molar-refractivity contribution in [3.63, 3.8) is 0 Å². The number of aryl methyl sites for hydroxylation is 2. The first-order valence-corrected chi connectivity index (χ1v) is 14.9. The number of anilines is 2. The summed E-state index contributed by atoms with van der Waals surface area (Å²) in [5.41, 5.74) is 2.96. The first-order valence-electron chi connectivity index (χ1n) is 14.9. The highest BCUT2D eigenvalue weighted by Crippen LogP contribution is 2.40. The molecule has 0 bridgehead atoms. The number of imide groups is 1. The van der Waals surface area contributed by atoms with Gasteiger partial charge in [0.15, 0.2) is 0 Å². The van der Waals surface area contributed by atoms with E-state index in [0.717, 1.165) is 16.0 Å². The van der Waals surface area contributed by atoms with Crippen molar-refractivity contribution in [3.8, 4) is 0 Å². The van der Waals surface area contributed by atoms with Crippen LogP contribution in [0.1, 0.15) is 98.9 Å². The van der Waals surface area contributed by atoms with Crippen molar-refractivity contribution in [2.24, 2.45) is 0 Å². The van der Waals surface area contributed by atoms with Gasteiger partial charge in [-0.15, -0.1) is 0 Å². The third-order valence-electron chi connectivity index (χ3n) is 7.02. The van der Waals surface area contributed by atoms with E-state index >= 15 is 0 Å². The summed E-state index contributed by atoms with van der Waals surface area (Å²) in [6, 6.07) is 7.21. The molecule has 12 heteroatoms. The Balaban J connectivity index is 1.33. The monoisotopic (exact) mass is 613 g/mol. The van der Waals surface area contributed by atoms with Crippen molar-refractivity contribution in [2.75, 3.05) is 10.2 Å².